The number of aromatic nitrogens is 2. The Bertz CT molecular complexity index is 1120. The van der Waals surface area contributed by atoms with E-state index in [0.717, 1.165) is 10.8 Å². The molecule has 3 aliphatic rings. The van der Waals surface area contributed by atoms with Gasteiger partial charge in [-0.3, -0.25) is 14.3 Å². The lowest BCUT2D eigenvalue weighted by molar-refractivity contribution is -0.364. The van der Waals surface area contributed by atoms with Crippen molar-refractivity contribution in [1.29, 1.82) is 0 Å². The zero-order chi connectivity index (χ0) is 29.5. The third-order valence-corrected chi connectivity index (χ3v) is 7.50. The number of nitrogens with one attached hydrogen (secondary N) is 1. The Balaban J connectivity index is 1.49. The highest BCUT2D eigenvalue weighted by Crippen LogP contribution is 2.35. The Morgan fingerprint density at radius 3 is 1.80 bits per heavy atom. The number of hydrogen-bond acceptors (Lipinski definition) is 16. The summed E-state index contributed by atoms with van der Waals surface area (Å²) in [6.45, 7) is -2.31. The lowest BCUT2D eigenvalue weighted by Crippen LogP contribution is -2.65. The Hall–Kier alpha value is -1.40. The highest BCUT2D eigenvalue weighted by molar-refractivity contribution is 9.10. The number of aromatic amines is 1. The predicted molar refractivity (Wildman–Crippen MR) is 127 cm³/mol. The number of halogens is 1. The van der Waals surface area contributed by atoms with Crippen molar-refractivity contribution >= 4 is 15.9 Å². The van der Waals surface area contributed by atoms with Crippen LogP contribution in [0.2, 0.25) is 0 Å². The molecule has 3 fully saturated rings. The van der Waals surface area contributed by atoms with Gasteiger partial charge in [-0.1, -0.05) is 0 Å². The van der Waals surface area contributed by atoms with E-state index in [1.165, 1.54) is 0 Å². The molecule has 0 aliphatic carbocycles. The van der Waals surface area contributed by atoms with Crippen LogP contribution in [0.4, 0.5) is 0 Å². The van der Waals surface area contributed by atoms with Crippen LogP contribution in [-0.4, -0.2) is 155 Å². The normalized spacial score (nSPS) is 44.1. The van der Waals surface area contributed by atoms with E-state index < -0.39 is 117 Å². The van der Waals surface area contributed by atoms with Gasteiger partial charge in [-0.15, -0.1) is 0 Å². The zero-order valence-corrected chi connectivity index (χ0v) is 22.1. The molecule has 4 heterocycles. The minimum Gasteiger partial charge on any atom is -0.394 e. The van der Waals surface area contributed by atoms with E-state index in [1.54, 1.807) is 0 Å². The Morgan fingerprint density at radius 2 is 1.23 bits per heavy atom. The molecule has 0 saturated carbocycles. The molecule has 0 aromatic carbocycles. The largest absolute Gasteiger partial charge is 0.394 e. The summed E-state index contributed by atoms with van der Waals surface area (Å²) in [6.07, 6.45) is -21.8. The maximum atomic E-state index is 12.3. The summed E-state index contributed by atoms with van der Waals surface area (Å²) < 4.78 is 28.2. The highest BCUT2D eigenvalue weighted by atomic mass is 79.9. The minimum absolute atomic E-state index is 0.0572. The van der Waals surface area contributed by atoms with Crippen LogP contribution in [0.3, 0.4) is 0 Å². The standard InChI is InChI=1S/C21H31BrN2O16/c22-5-1-24(21(35)23-17(5)34)18-14(33)16(7(3-26)36-18)40-20-13(32)11(30)15(8(4-27)38-20)39-19-12(31)10(29)9(28)6(2-25)37-19/h1,6-16,18-20,25-33H,2-4H2,(H,23,34,35). The third-order valence-electron chi connectivity index (χ3n) is 6.94. The monoisotopic (exact) mass is 646 g/mol. The molecule has 14 unspecified atom stereocenters. The summed E-state index contributed by atoms with van der Waals surface area (Å²) >= 11 is 2.96. The van der Waals surface area contributed by atoms with Crippen LogP contribution < -0.4 is 11.2 Å². The molecule has 1 aromatic rings. The van der Waals surface area contributed by atoms with Crippen molar-refractivity contribution in [2.24, 2.45) is 0 Å². The van der Waals surface area contributed by atoms with Crippen LogP contribution in [0.15, 0.2) is 20.3 Å². The first-order chi connectivity index (χ1) is 18.9. The minimum atomic E-state index is -1.92. The first-order valence-electron chi connectivity index (χ1n) is 12.1. The number of aliphatic hydroxyl groups is 9. The van der Waals surface area contributed by atoms with E-state index in [2.05, 4.69) is 15.9 Å². The van der Waals surface area contributed by atoms with E-state index in [1.807, 2.05) is 4.98 Å². The molecule has 40 heavy (non-hydrogen) atoms. The van der Waals surface area contributed by atoms with E-state index >= 15 is 0 Å². The Kier molecular flexibility index (Phi) is 10.1. The molecule has 10 N–H and O–H groups in total. The van der Waals surface area contributed by atoms with Gasteiger partial charge in [0.05, 0.1) is 24.3 Å². The Morgan fingerprint density at radius 1 is 0.725 bits per heavy atom. The molecule has 0 bridgehead atoms. The van der Waals surface area contributed by atoms with Gasteiger partial charge < -0.3 is 69.6 Å². The Labute approximate surface area is 232 Å². The summed E-state index contributed by atoms with van der Waals surface area (Å²) in [7, 11) is 0. The molecule has 0 spiro atoms. The fourth-order valence-corrected chi connectivity index (χ4v) is 5.06. The van der Waals surface area contributed by atoms with Gasteiger partial charge in [0.25, 0.3) is 5.56 Å². The second kappa shape index (κ2) is 12.9. The van der Waals surface area contributed by atoms with Gasteiger partial charge in [-0.05, 0) is 15.9 Å². The van der Waals surface area contributed by atoms with Crippen molar-refractivity contribution in [3.8, 4) is 0 Å². The van der Waals surface area contributed by atoms with Crippen molar-refractivity contribution < 1.29 is 69.6 Å². The molecule has 3 saturated heterocycles. The molecule has 4 rings (SSSR count). The SMILES string of the molecule is O=c1[nH]c(=O)n(C2OC(CO)C(OC3OC(CO)C(OC4OC(CO)C(O)C(O)C4O)C(O)C3O)C2O)cc1Br. The molecular formula is C21H31BrN2O16. The fraction of sp³-hybridized carbons (Fsp3) is 0.810. The van der Waals surface area contributed by atoms with Crippen molar-refractivity contribution in [2.75, 3.05) is 19.8 Å². The quantitative estimate of drug-likeness (QED) is 0.126. The maximum absolute atomic E-state index is 12.3. The van der Waals surface area contributed by atoms with Crippen LogP contribution in [0.5, 0.6) is 0 Å². The van der Waals surface area contributed by atoms with Gasteiger partial charge in [-0.25, -0.2) is 4.79 Å². The van der Waals surface area contributed by atoms with Crippen molar-refractivity contribution in [3.05, 3.63) is 31.5 Å². The van der Waals surface area contributed by atoms with Gasteiger partial charge >= 0.3 is 5.69 Å². The first kappa shape index (κ1) is 31.5. The van der Waals surface area contributed by atoms with Gasteiger partial charge in [-0.2, -0.15) is 0 Å². The molecule has 228 valence electrons. The molecule has 19 heteroatoms. The molecular weight excluding hydrogens is 616 g/mol. The molecule has 18 nitrogen and oxygen atoms in total. The maximum Gasteiger partial charge on any atom is 0.330 e. The lowest BCUT2D eigenvalue weighted by Gasteiger charge is -2.46. The second-order valence-electron chi connectivity index (χ2n) is 9.49. The highest BCUT2D eigenvalue weighted by Gasteiger charge is 2.53. The van der Waals surface area contributed by atoms with Crippen LogP contribution in [0.25, 0.3) is 0 Å². The second-order valence-corrected chi connectivity index (χ2v) is 10.3. The van der Waals surface area contributed by atoms with Gasteiger partial charge in [0.15, 0.2) is 18.8 Å². The molecule has 0 amide bonds. The summed E-state index contributed by atoms with van der Waals surface area (Å²) in [5, 5.41) is 91.6. The predicted octanol–water partition coefficient (Wildman–Crippen LogP) is -6.44. The van der Waals surface area contributed by atoms with Crippen LogP contribution in [-0.2, 0) is 23.7 Å². The average Bonchev–Trinajstić information content (AvgIpc) is 3.24. The number of nitrogens with zero attached hydrogens (tertiary/aromatic N) is 1. The van der Waals surface area contributed by atoms with Crippen LogP contribution in [0, 0.1) is 0 Å². The number of aliphatic hydroxyl groups excluding tert-OH is 9. The van der Waals surface area contributed by atoms with E-state index in [0.29, 0.717) is 0 Å². The summed E-state index contributed by atoms with van der Waals surface area (Å²) in [5.41, 5.74) is -1.67. The summed E-state index contributed by atoms with van der Waals surface area (Å²) in [5.74, 6) is 0. The topological polar surface area (TPSA) is 283 Å². The molecule has 3 aliphatic heterocycles. The van der Waals surface area contributed by atoms with Crippen molar-refractivity contribution in [3.63, 3.8) is 0 Å². The van der Waals surface area contributed by atoms with Gasteiger partial charge in [0.1, 0.15) is 67.1 Å². The van der Waals surface area contributed by atoms with Crippen LogP contribution in [0.1, 0.15) is 6.23 Å². The molecule has 0 radical (unpaired) electrons. The van der Waals surface area contributed by atoms with Crippen LogP contribution >= 0.6 is 15.9 Å². The smallest absolute Gasteiger partial charge is 0.330 e. The number of ether oxygens (including phenoxy) is 5. The molecule has 1 aromatic heterocycles. The zero-order valence-electron chi connectivity index (χ0n) is 20.5. The third kappa shape index (κ3) is 5.91. The molecule has 14 atom stereocenters. The fourth-order valence-electron chi connectivity index (χ4n) is 4.74. The van der Waals surface area contributed by atoms with E-state index in [9.17, 15) is 55.5 Å². The number of rotatable bonds is 8. The van der Waals surface area contributed by atoms with Gasteiger partial charge in [0, 0.05) is 6.20 Å². The average molecular weight is 647 g/mol. The van der Waals surface area contributed by atoms with E-state index in [-0.39, 0.29) is 4.47 Å². The number of H-pyrrole nitrogens is 1. The lowest BCUT2D eigenvalue weighted by atomic mass is 9.97. The van der Waals surface area contributed by atoms with Crippen molar-refractivity contribution in [1.82, 2.24) is 9.55 Å². The first-order valence-corrected chi connectivity index (χ1v) is 12.9. The van der Waals surface area contributed by atoms with E-state index in [4.69, 9.17) is 23.7 Å². The van der Waals surface area contributed by atoms with Gasteiger partial charge in [0.2, 0.25) is 0 Å². The van der Waals surface area contributed by atoms with Crippen molar-refractivity contribution in [2.45, 2.75) is 86.0 Å². The number of hydrogen-bond donors (Lipinski definition) is 10. The summed E-state index contributed by atoms with van der Waals surface area (Å²) in [6, 6.07) is 0. The summed E-state index contributed by atoms with van der Waals surface area (Å²) in [4.78, 5) is 25.9.